The molecule has 0 spiro atoms. The number of halogens is 1. The lowest BCUT2D eigenvalue weighted by atomic mass is 10.0. The first-order valence-corrected chi connectivity index (χ1v) is 6.21. The molecule has 0 saturated carbocycles. The van der Waals surface area contributed by atoms with Crippen LogP contribution in [0.15, 0.2) is 18.2 Å². The molecular weight excluding hydrogens is 233 g/mol. The van der Waals surface area contributed by atoms with Crippen LogP contribution in [-0.4, -0.2) is 24.4 Å². The van der Waals surface area contributed by atoms with Crippen molar-refractivity contribution >= 4 is 0 Å². The molecule has 0 aromatic heterocycles. The van der Waals surface area contributed by atoms with E-state index in [1.165, 1.54) is 12.1 Å². The number of benzene rings is 1. The Labute approximate surface area is 108 Å². The summed E-state index contributed by atoms with van der Waals surface area (Å²) in [4.78, 5) is 0. The summed E-state index contributed by atoms with van der Waals surface area (Å²) < 4.78 is 18.8. The zero-order chi connectivity index (χ0) is 13.8. The van der Waals surface area contributed by atoms with Crippen LogP contribution in [0.5, 0.6) is 5.75 Å². The van der Waals surface area contributed by atoms with Crippen LogP contribution in [0.4, 0.5) is 4.39 Å². The Hall–Kier alpha value is -1.13. The van der Waals surface area contributed by atoms with Crippen LogP contribution in [-0.2, 0) is 0 Å². The van der Waals surface area contributed by atoms with Gasteiger partial charge >= 0.3 is 0 Å². The van der Waals surface area contributed by atoms with Crippen molar-refractivity contribution in [3.63, 3.8) is 0 Å². The number of ether oxygens (including phenoxy) is 1. The molecule has 0 amide bonds. The maximum Gasteiger partial charge on any atom is 0.127 e. The summed E-state index contributed by atoms with van der Waals surface area (Å²) in [7, 11) is 1.83. The van der Waals surface area contributed by atoms with E-state index in [4.69, 9.17) is 4.74 Å². The van der Waals surface area contributed by atoms with Gasteiger partial charge in [-0.1, -0.05) is 13.0 Å². The van der Waals surface area contributed by atoms with Gasteiger partial charge in [0, 0.05) is 17.7 Å². The van der Waals surface area contributed by atoms with Gasteiger partial charge in [0.05, 0.1) is 5.60 Å². The fraction of sp³-hybridized carbons (Fsp3) is 0.571. The summed E-state index contributed by atoms with van der Waals surface area (Å²) >= 11 is 0. The van der Waals surface area contributed by atoms with Gasteiger partial charge < -0.3 is 15.2 Å². The van der Waals surface area contributed by atoms with Crippen molar-refractivity contribution in [2.24, 2.45) is 0 Å². The lowest BCUT2D eigenvalue weighted by molar-refractivity contribution is 0.00796. The Bertz CT molecular complexity index is 393. The van der Waals surface area contributed by atoms with Gasteiger partial charge in [0.2, 0.25) is 0 Å². The maximum absolute atomic E-state index is 13.3. The van der Waals surface area contributed by atoms with Gasteiger partial charge in [-0.3, -0.25) is 0 Å². The molecular formula is C14H22FNO2. The Balaban J connectivity index is 2.89. The molecule has 0 radical (unpaired) electrons. The highest BCUT2D eigenvalue weighted by atomic mass is 19.1. The minimum atomic E-state index is -0.896. The van der Waals surface area contributed by atoms with Crippen molar-refractivity contribution in [2.75, 3.05) is 13.7 Å². The molecule has 0 fully saturated rings. The van der Waals surface area contributed by atoms with E-state index in [2.05, 4.69) is 5.32 Å². The molecule has 2 unspecified atom stereocenters. The summed E-state index contributed by atoms with van der Waals surface area (Å²) in [6.07, 6.45) is 0.583. The molecule has 1 rings (SSSR count). The van der Waals surface area contributed by atoms with Crippen molar-refractivity contribution < 1.29 is 14.2 Å². The molecule has 102 valence electrons. The molecule has 1 aromatic rings. The first kappa shape index (κ1) is 14.9. The number of hydrogen-bond donors (Lipinski definition) is 2. The number of rotatable bonds is 6. The van der Waals surface area contributed by atoms with Crippen LogP contribution in [0.1, 0.15) is 38.8 Å². The average Bonchev–Trinajstić information content (AvgIpc) is 2.36. The molecule has 0 heterocycles. The predicted molar refractivity (Wildman–Crippen MR) is 70.3 cm³/mol. The van der Waals surface area contributed by atoms with Crippen molar-refractivity contribution in [3.8, 4) is 5.75 Å². The Kier molecular flexibility index (Phi) is 5.11. The molecule has 4 heteroatoms. The Morgan fingerprint density at radius 2 is 2.17 bits per heavy atom. The molecule has 2 N–H and O–H groups in total. The van der Waals surface area contributed by atoms with Gasteiger partial charge in [-0.2, -0.15) is 0 Å². The minimum absolute atomic E-state index is 0.0622. The van der Waals surface area contributed by atoms with E-state index < -0.39 is 5.60 Å². The summed E-state index contributed by atoms with van der Waals surface area (Å²) in [6, 6.07) is 4.53. The summed E-state index contributed by atoms with van der Waals surface area (Å²) in [5.41, 5.74) is -0.0160. The second-order valence-corrected chi connectivity index (χ2v) is 4.83. The molecule has 0 aliphatic carbocycles. The largest absolute Gasteiger partial charge is 0.490 e. The highest BCUT2D eigenvalue weighted by Gasteiger charge is 2.20. The van der Waals surface area contributed by atoms with Gasteiger partial charge in [0.1, 0.15) is 18.2 Å². The fourth-order valence-electron chi connectivity index (χ4n) is 1.48. The molecule has 0 aliphatic heterocycles. The van der Waals surface area contributed by atoms with Gasteiger partial charge in [-0.05, 0) is 33.4 Å². The number of hydrogen-bond acceptors (Lipinski definition) is 3. The van der Waals surface area contributed by atoms with E-state index in [9.17, 15) is 9.50 Å². The van der Waals surface area contributed by atoms with E-state index in [-0.39, 0.29) is 18.5 Å². The monoisotopic (exact) mass is 255 g/mol. The SMILES string of the molecule is CCC(C)(O)COc1cc(F)ccc1C(C)NC. The van der Waals surface area contributed by atoms with E-state index in [0.29, 0.717) is 12.2 Å². The third kappa shape index (κ3) is 3.96. The van der Waals surface area contributed by atoms with Gasteiger partial charge in [0.15, 0.2) is 0 Å². The smallest absolute Gasteiger partial charge is 0.127 e. The third-order valence-corrected chi connectivity index (χ3v) is 3.18. The molecule has 1 aromatic carbocycles. The number of aliphatic hydroxyl groups is 1. The quantitative estimate of drug-likeness (QED) is 0.821. The molecule has 0 aliphatic rings. The predicted octanol–water partition coefficient (Wildman–Crippen LogP) is 2.65. The lowest BCUT2D eigenvalue weighted by Crippen LogP contribution is -2.31. The average molecular weight is 255 g/mol. The van der Waals surface area contributed by atoms with E-state index in [1.807, 2.05) is 20.9 Å². The van der Waals surface area contributed by atoms with Crippen LogP contribution in [0, 0.1) is 5.82 Å². The highest BCUT2D eigenvalue weighted by Crippen LogP contribution is 2.27. The fourth-order valence-corrected chi connectivity index (χ4v) is 1.48. The second kappa shape index (κ2) is 6.16. The van der Waals surface area contributed by atoms with Gasteiger partial charge in [-0.15, -0.1) is 0 Å². The second-order valence-electron chi connectivity index (χ2n) is 4.83. The topological polar surface area (TPSA) is 41.5 Å². The maximum atomic E-state index is 13.3. The van der Waals surface area contributed by atoms with Gasteiger partial charge in [0.25, 0.3) is 0 Å². The van der Waals surface area contributed by atoms with E-state index >= 15 is 0 Å². The third-order valence-electron chi connectivity index (χ3n) is 3.18. The van der Waals surface area contributed by atoms with Crippen LogP contribution >= 0.6 is 0 Å². The summed E-state index contributed by atoms with van der Waals surface area (Å²) in [5.74, 6) is 0.138. The van der Waals surface area contributed by atoms with Crippen LogP contribution in [0.25, 0.3) is 0 Å². The van der Waals surface area contributed by atoms with E-state index in [0.717, 1.165) is 5.56 Å². The molecule has 0 bridgehead atoms. The lowest BCUT2D eigenvalue weighted by Gasteiger charge is -2.23. The van der Waals surface area contributed by atoms with E-state index in [1.54, 1.807) is 13.0 Å². The van der Waals surface area contributed by atoms with Gasteiger partial charge in [-0.25, -0.2) is 4.39 Å². The van der Waals surface area contributed by atoms with Crippen molar-refractivity contribution in [3.05, 3.63) is 29.6 Å². The first-order chi connectivity index (χ1) is 8.39. The summed E-state index contributed by atoms with van der Waals surface area (Å²) in [5, 5.41) is 13.0. The Morgan fingerprint density at radius 3 is 2.72 bits per heavy atom. The number of nitrogens with one attached hydrogen (secondary N) is 1. The first-order valence-electron chi connectivity index (χ1n) is 6.21. The minimum Gasteiger partial charge on any atom is -0.490 e. The normalized spacial score (nSPS) is 16.1. The zero-order valence-electron chi connectivity index (χ0n) is 11.5. The molecule has 18 heavy (non-hydrogen) atoms. The van der Waals surface area contributed by atoms with Crippen molar-refractivity contribution in [1.82, 2.24) is 5.32 Å². The van der Waals surface area contributed by atoms with Crippen LogP contribution in [0.3, 0.4) is 0 Å². The molecule has 3 nitrogen and oxygen atoms in total. The van der Waals surface area contributed by atoms with Crippen LogP contribution < -0.4 is 10.1 Å². The Morgan fingerprint density at radius 1 is 1.50 bits per heavy atom. The van der Waals surface area contributed by atoms with Crippen molar-refractivity contribution in [2.45, 2.75) is 38.8 Å². The highest BCUT2D eigenvalue weighted by molar-refractivity contribution is 5.36. The van der Waals surface area contributed by atoms with Crippen molar-refractivity contribution in [1.29, 1.82) is 0 Å². The summed E-state index contributed by atoms with van der Waals surface area (Å²) in [6.45, 7) is 5.70. The van der Waals surface area contributed by atoms with Crippen LogP contribution in [0.2, 0.25) is 0 Å². The zero-order valence-corrected chi connectivity index (χ0v) is 11.5. The molecule has 0 saturated heterocycles. The molecule has 2 atom stereocenters. The standard InChI is InChI=1S/C14H22FNO2/c1-5-14(3,17)9-18-13-8-11(15)6-7-12(13)10(2)16-4/h6-8,10,16-17H,5,9H2,1-4H3.